The molecule has 1 aromatic carbocycles. The maximum atomic E-state index is 12.4. The van der Waals surface area contributed by atoms with Crippen LogP contribution in [0.3, 0.4) is 0 Å². The zero-order chi connectivity index (χ0) is 16.2. The van der Waals surface area contributed by atoms with Crippen molar-refractivity contribution in [2.24, 2.45) is 0 Å². The highest BCUT2D eigenvalue weighted by molar-refractivity contribution is 6.04. The van der Waals surface area contributed by atoms with Crippen molar-refractivity contribution in [1.82, 2.24) is 9.97 Å². The van der Waals surface area contributed by atoms with Gasteiger partial charge in [-0.25, -0.2) is 9.97 Å². The van der Waals surface area contributed by atoms with Crippen molar-refractivity contribution in [3.05, 3.63) is 47.3 Å². The van der Waals surface area contributed by atoms with Crippen molar-refractivity contribution in [3.63, 3.8) is 0 Å². The summed E-state index contributed by atoms with van der Waals surface area (Å²) in [5.74, 6) is 0.563. The van der Waals surface area contributed by atoms with E-state index in [1.165, 1.54) is 19.3 Å². The summed E-state index contributed by atoms with van der Waals surface area (Å²) in [4.78, 5) is 23.6. The SMILES string of the molecule is Cc1cccc(NC(=O)c2cnc(N3CCCCC3)nc2C)c1. The summed E-state index contributed by atoms with van der Waals surface area (Å²) in [5, 5.41) is 2.91. The molecule has 2 aromatic rings. The van der Waals surface area contributed by atoms with Crippen LogP contribution in [0.15, 0.2) is 30.5 Å². The summed E-state index contributed by atoms with van der Waals surface area (Å²) < 4.78 is 0. The fourth-order valence-electron chi connectivity index (χ4n) is 2.85. The second-order valence-corrected chi connectivity index (χ2v) is 6.04. The summed E-state index contributed by atoms with van der Waals surface area (Å²) in [6, 6.07) is 7.74. The van der Waals surface area contributed by atoms with Crippen LogP contribution in [0.1, 0.15) is 40.9 Å². The second-order valence-electron chi connectivity index (χ2n) is 6.04. The number of carbonyl (C=O) groups is 1. The summed E-state index contributed by atoms with van der Waals surface area (Å²) in [6.45, 7) is 5.85. The normalized spacial score (nSPS) is 14.6. The van der Waals surface area contributed by atoms with E-state index < -0.39 is 0 Å². The molecular weight excluding hydrogens is 288 g/mol. The van der Waals surface area contributed by atoms with E-state index in [1.54, 1.807) is 6.20 Å². The molecule has 1 fully saturated rings. The van der Waals surface area contributed by atoms with E-state index in [1.807, 2.05) is 38.1 Å². The second kappa shape index (κ2) is 6.77. The number of anilines is 2. The number of piperidine rings is 1. The molecule has 0 bridgehead atoms. The van der Waals surface area contributed by atoms with Crippen LogP contribution in [0, 0.1) is 13.8 Å². The monoisotopic (exact) mass is 310 g/mol. The van der Waals surface area contributed by atoms with Gasteiger partial charge >= 0.3 is 0 Å². The highest BCUT2D eigenvalue weighted by Gasteiger charge is 2.17. The van der Waals surface area contributed by atoms with Gasteiger partial charge < -0.3 is 10.2 Å². The van der Waals surface area contributed by atoms with Gasteiger partial charge in [0, 0.05) is 25.0 Å². The summed E-state index contributed by atoms with van der Waals surface area (Å²) >= 11 is 0. The molecule has 0 spiro atoms. The van der Waals surface area contributed by atoms with Gasteiger partial charge in [0.25, 0.3) is 5.91 Å². The average Bonchev–Trinajstić information content (AvgIpc) is 2.55. The van der Waals surface area contributed by atoms with Crippen molar-refractivity contribution < 1.29 is 4.79 Å². The molecule has 5 nitrogen and oxygen atoms in total. The first-order valence-electron chi connectivity index (χ1n) is 8.10. The minimum Gasteiger partial charge on any atom is -0.341 e. The van der Waals surface area contributed by atoms with Crippen molar-refractivity contribution in [2.75, 3.05) is 23.3 Å². The highest BCUT2D eigenvalue weighted by atomic mass is 16.1. The number of hydrogen-bond acceptors (Lipinski definition) is 4. The summed E-state index contributed by atoms with van der Waals surface area (Å²) in [6.07, 6.45) is 5.26. The maximum absolute atomic E-state index is 12.4. The molecule has 120 valence electrons. The Labute approximate surface area is 136 Å². The average molecular weight is 310 g/mol. The molecule has 1 aliphatic rings. The Morgan fingerprint density at radius 3 is 2.65 bits per heavy atom. The number of rotatable bonds is 3. The lowest BCUT2D eigenvalue weighted by molar-refractivity contribution is 0.102. The van der Waals surface area contributed by atoms with Crippen LogP contribution in [0.25, 0.3) is 0 Å². The molecule has 0 saturated carbocycles. The highest BCUT2D eigenvalue weighted by Crippen LogP contribution is 2.18. The Morgan fingerprint density at radius 2 is 1.96 bits per heavy atom. The number of nitrogens with one attached hydrogen (secondary N) is 1. The Hall–Kier alpha value is -2.43. The predicted octanol–water partition coefficient (Wildman–Crippen LogP) is 3.34. The van der Waals surface area contributed by atoms with Gasteiger partial charge in [-0.15, -0.1) is 0 Å². The standard InChI is InChI=1S/C18H22N4O/c1-13-7-6-8-15(11-13)21-17(23)16-12-19-18(20-14(16)2)22-9-4-3-5-10-22/h6-8,11-12H,3-5,9-10H2,1-2H3,(H,21,23). The maximum Gasteiger partial charge on any atom is 0.259 e. The summed E-state index contributed by atoms with van der Waals surface area (Å²) in [5.41, 5.74) is 3.13. The van der Waals surface area contributed by atoms with E-state index >= 15 is 0 Å². The topological polar surface area (TPSA) is 58.1 Å². The lowest BCUT2D eigenvalue weighted by Crippen LogP contribution is -2.31. The molecule has 1 aliphatic heterocycles. The third kappa shape index (κ3) is 3.67. The molecule has 1 saturated heterocycles. The van der Waals surface area contributed by atoms with E-state index in [0.29, 0.717) is 11.3 Å². The Morgan fingerprint density at radius 1 is 1.17 bits per heavy atom. The van der Waals surface area contributed by atoms with Crippen LogP contribution < -0.4 is 10.2 Å². The zero-order valence-electron chi connectivity index (χ0n) is 13.7. The van der Waals surface area contributed by atoms with Crippen LogP contribution >= 0.6 is 0 Å². The molecular formula is C18H22N4O. The number of aromatic nitrogens is 2. The summed E-state index contributed by atoms with van der Waals surface area (Å²) in [7, 11) is 0. The first-order valence-corrected chi connectivity index (χ1v) is 8.10. The number of nitrogens with zero attached hydrogens (tertiary/aromatic N) is 3. The largest absolute Gasteiger partial charge is 0.341 e. The Bertz CT molecular complexity index is 708. The van der Waals surface area contributed by atoms with Crippen LogP contribution in [0.2, 0.25) is 0 Å². The van der Waals surface area contributed by atoms with Gasteiger partial charge in [-0.3, -0.25) is 4.79 Å². The van der Waals surface area contributed by atoms with E-state index in [0.717, 1.165) is 30.3 Å². The van der Waals surface area contributed by atoms with Crippen molar-refractivity contribution in [1.29, 1.82) is 0 Å². The van der Waals surface area contributed by atoms with Crippen molar-refractivity contribution >= 4 is 17.5 Å². The van der Waals surface area contributed by atoms with E-state index in [2.05, 4.69) is 20.2 Å². The number of hydrogen-bond donors (Lipinski definition) is 1. The molecule has 2 heterocycles. The first kappa shape index (κ1) is 15.5. The third-order valence-corrected chi connectivity index (χ3v) is 4.13. The van der Waals surface area contributed by atoms with Crippen LogP contribution in [0.4, 0.5) is 11.6 Å². The molecule has 23 heavy (non-hydrogen) atoms. The van der Waals surface area contributed by atoms with E-state index in [4.69, 9.17) is 0 Å². The first-order chi connectivity index (χ1) is 11.1. The molecule has 1 N–H and O–H groups in total. The van der Waals surface area contributed by atoms with Gasteiger partial charge in [0.1, 0.15) is 0 Å². The van der Waals surface area contributed by atoms with E-state index in [-0.39, 0.29) is 5.91 Å². The third-order valence-electron chi connectivity index (χ3n) is 4.13. The van der Waals surface area contributed by atoms with Crippen LogP contribution in [0.5, 0.6) is 0 Å². The van der Waals surface area contributed by atoms with Gasteiger partial charge in [-0.05, 0) is 50.8 Å². The van der Waals surface area contributed by atoms with Gasteiger partial charge in [0.05, 0.1) is 11.3 Å². The number of benzene rings is 1. The lowest BCUT2D eigenvalue weighted by atomic mass is 10.1. The quantitative estimate of drug-likeness (QED) is 0.944. The number of carbonyl (C=O) groups excluding carboxylic acids is 1. The fourth-order valence-corrected chi connectivity index (χ4v) is 2.85. The number of amides is 1. The smallest absolute Gasteiger partial charge is 0.259 e. The Balaban J connectivity index is 1.75. The van der Waals surface area contributed by atoms with Crippen LogP contribution in [-0.4, -0.2) is 29.0 Å². The lowest BCUT2D eigenvalue weighted by Gasteiger charge is -2.26. The molecule has 1 amide bonds. The minimum absolute atomic E-state index is 0.168. The Kier molecular flexibility index (Phi) is 4.55. The zero-order valence-corrected chi connectivity index (χ0v) is 13.7. The van der Waals surface area contributed by atoms with Crippen molar-refractivity contribution in [3.8, 4) is 0 Å². The molecule has 0 unspecified atom stereocenters. The predicted molar refractivity (Wildman–Crippen MR) is 92.0 cm³/mol. The molecule has 3 rings (SSSR count). The fraction of sp³-hybridized carbons (Fsp3) is 0.389. The molecule has 0 atom stereocenters. The van der Waals surface area contributed by atoms with E-state index in [9.17, 15) is 4.79 Å². The molecule has 0 aliphatic carbocycles. The minimum atomic E-state index is -0.168. The van der Waals surface area contributed by atoms with Gasteiger partial charge in [0.2, 0.25) is 5.95 Å². The van der Waals surface area contributed by atoms with Gasteiger partial charge in [-0.1, -0.05) is 12.1 Å². The molecule has 0 radical (unpaired) electrons. The molecule has 5 heteroatoms. The van der Waals surface area contributed by atoms with Gasteiger partial charge in [0.15, 0.2) is 0 Å². The number of aryl methyl sites for hydroxylation is 2. The molecule has 1 aromatic heterocycles. The van der Waals surface area contributed by atoms with Crippen LogP contribution in [-0.2, 0) is 0 Å². The van der Waals surface area contributed by atoms with Crippen molar-refractivity contribution in [2.45, 2.75) is 33.1 Å². The van der Waals surface area contributed by atoms with Gasteiger partial charge in [-0.2, -0.15) is 0 Å².